The summed E-state index contributed by atoms with van der Waals surface area (Å²) >= 11 is 0. The van der Waals surface area contributed by atoms with E-state index in [1.165, 1.54) is 44.9 Å². The van der Waals surface area contributed by atoms with Gasteiger partial charge in [-0.1, -0.05) is 19.3 Å². The molecule has 0 aromatic rings. The van der Waals surface area contributed by atoms with Gasteiger partial charge in [0.1, 0.15) is 0 Å². The number of rotatable bonds is 3. The lowest BCUT2D eigenvalue weighted by Crippen LogP contribution is -2.45. The van der Waals surface area contributed by atoms with Gasteiger partial charge >= 0.3 is 0 Å². The molecule has 2 fully saturated rings. The molecule has 0 aromatic carbocycles. The first-order valence-electron chi connectivity index (χ1n) is 5.71. The summed E-state index contributed by atoms with van der Waals surface area (Å²) in [6.45, 7) is 0. The fourth-order valence-electron chi connectivity index (χ4n) is 2.39. The fraction of sp³-hybridized carbons (Fsp3) is 1.00. The Morgan fingerprint density at radius 3 is 2.31 bits per heavy atom. The first kappa shape index (κ1) is 9.47. The molecular formula is C11H21NO. The van der Waals surface area contributed by atoms with Crippen molar-refractivity contribution < 1.29 is 4.74 Å². The third kappa shape index (κ3) is 2.44. The van der Waals surface area contributed by atoms with Gasteiger partial charge < -0.3 is 10.1 Å². The zero-order valence-corrected chi connectivity index (χ0v) is 8.59. The van der Waals surface area contributed by atoms with E-state index in [1.54, 1.807) is 0 Å². The van der Waals surface area contributed by atoms with E-state index >= 15 is 0 Å². The monoisotopic (exact) mass is 183 g/mol. The third-order valence-corrected chi connectivity index (χ3v) is 3.44. The standard InChI is InChI=1S/C11H21NO/c1-12-9-7-11(8-9)13-10-5-3-2-4-6-10/h9-12H,2-8H2,1H3. The third-order valence-electron chi connectivity index (χ3n) is 3.44. The molecule has 2 nitrogen and oxygen atoms in total. The molecule has 2 aliphatic carbocycles. The van der Waals surface area contributed by atoms with Crippen molar-refractivity contribution >= 4 is 0 Å². The van der Waals surface area contributed by atoms with Crippen LogP contribution in [0.1, 0.15) is 44.9 Å². The summed E-state index contributed by atoms with van der Waals surface area (Å²) in [6.07, 6.45) is 10.4. The summed E-state index contributed by atoms with van der Waals surface area (Å²) in [5, 5.41) is 3.29. The van der Waals surface area contributed by atoms with Gasteiger partial charge in [-0.2, -0.15) is 0 Å². The molecular weight excluding hydrogens is 162 g/mol. The molecule has 0 atom stereocenters. The lowest BCUT2D eigenvalue weighted by Gasteiger charge is -2.38. The molecule has 13 heavy (non-hydrogen) atoms. The molecule has 0 heterocycles. The molecule has 2 heteroatoms. The highest BCUT2D eigenvalue weighted by Crippen LogP contribution is 2.28. The van der Waals surface area contributed by atoms with Crippen molar-refractivity contribution in [2.45, 2.75) is 63.2 Å². The Bertz CT molecular complexity index is 148. The summed E-state index contributed by atoms with van der Waals surface area (Å²) in [5.74, 6) is 0. The van der Waals surface area contributed by atoms with Crippen LogP contribution >= 0.6 is 0 Å². The maximum absolute atomic E-state index is 6.02. The molecule has 0 saturated heterocycles. The predicted molar refractivity (Wildman–Crippen MR) is 53.8 cm³/mol. The molecule has 2 saturated carbocycles. The topological polar surface area (TPSA) is 21.3 Å². The van der Waals surface area contributed by atoms with Crippen LogP contribution in [-0.4, -0.2) is 25.3 Å². The second-order valence-electron chi connectivity index (χ2n) is 4.48. The highest BCUT2D eigenvalue weighted by molar-refractivity contribution is 4.86. The first-order valence-corrected chi connectivity index (χ1v) is 5.71. The second kappa shape index (κ2) is 4.43. The second-order valence-corrected chi connectivity index (χ2v) is 4.48. The van der Waals surface area contributed by atoms with Crippen LogP contribution < -0.4 is 5.32 Å². The number of hydrogen-bond donors (Lipinski definition) is 1. The predicted octanol–water partition coefficient (Wildman–Crippen LogP) is 2.09. The van der Waals surface area contributed by atoms with Gasteiger partial charge in [0.25, 0.3) is 0 Å². The van der Waals surface area contributed by atoms with Crippen molar-refractivity contribution in [2.75, 3.05) is 7.05 Å². The summed E-state index contributed by atoms with van der Waals surface area (Å²) in [7, 11) is 2.04. The maximum atomic E-state index is 6.02. The quantitative estimate of drug-likeness (QED) is 0.723. The number of ether oxygens (including phenoxy) is 1. The Morgan fingerprint density at radius 2 is 1.69 bits per heavy atom. The summed E-state index contributed by atoms with van der Waals surface area (Å²) in [6, 6.07) is 0.730. The van der Waals surface area contributed by atoms with Gasteiger partial charge in [-0.15, -0.1) is 0 Å². The number of hydrogen-bond acceptors (Lipinski definition) is 2. The molecule has 0 aromatic heterocycles. The van der Waals surface area contributed by atoms with E-state index in [9.17, 15) is 0 Å². The van der Waals surface area contributed by atoms with Gasteiger partial charge in [-0.25, -0.2) is 0 Å². The zero-order chi connectivity index (χ0) is 9.10. The largest absolute Gasteiger partial charge is 0.375 e. The van der Waals surface area contributed by atoms with Gasteiger partial charge in [0.15, 0.2) is 0 Å². The van der Waals surface area contributed by atoms with Crippen LogP contribution in [0.2, 0.25) is 0 Å². The van der Waals surface area contributed by atoms with Crippen LogP contribution in [0.4, 0.5) is 0 Å². The Kier molecular flexibility index (Phi) is 3.23. The maximum Gasteiger partial charge on any atom is 0.0608 e. The van der Waals surface area contributed by atoms with E-state index in [2.05, 4.69) is 5.32 Å². The van der Waals surface area contributed by atoms with Crippen LogP contribution in [0.15, 0.2) is 0 Å². The van der Waals surface area contributed by atoms with E-state index in [-0.39, 0.29) is 0 Å². The molecule has 0 amide bonds. The molecule has 2 rings (SSSR count). The number of nitrogens with one attached hydrogen (secondary N) is 1. The van der Waals surface area contributed by atoms with Crippen molar-refractivity contribution in [2.24, 2.45) is 0 Å². The smallest absolute Gasteiger partial charge is 0.0608 e. The molecule has 0 unspecified atom stereocenters. The zero-order valence-electron chi connectivity index (χ0n) is 8.59. The van der Waals surface area contributed by atoms with E-state index in [0.717, 1.165) is 6.04 Å². The van der Waals surface area contributed by atoms with Crippen LogP contribution in [-0.2, 0) is 4.74 Å². The Hall–Kier alpha value is -0.0800. The first-order chi connectivity index (χ1) is 6.38. The average Bonchev–Trinajstić information content (AvgIpc) is 2.12. The molecule has 1 N–H and O–H groups in total. The highest BCUT2D eigenvalue weighted by atomic mass is 16.5. The van der Waals surface area contributed by atoms with Crippen LogP contribution in [0.5, 0.6) is 0 Å². The SMILES string of the molecule is CNC1CC(OC2CCCCC2)C1. The van der Waals surface area contributed by atoms with Crippen LogP contribution in [0.3, 0.4) is 0 Å². The average molecular weight is 183 g/mol. The van der Waals surface area contributed by atoms with E-state index in [1.807, 2.05) is 7.05 Å². The Morgan fingerprint density at radius 1 is 1.00 bits per heavy atom. The van der Waals surface area contributed by atoms with Crippen molar-refractivity contribution in [1.29, 1.82) is 0 Å². The van der Waals surface area contributed by atoms with E-state index in [0.29, 0.717) is 12.2 Å². The van der Waals surface area contributed by atoms with E-state index < -0.39 is 0 Å². The summed E-state index contributed by atoms with van der Waals surface area (Å²) < 4.78 is 6.02. The van der Waals surface area contributed by atoms with Crippen molar-refractivity contribution in [3.63, 3.8) is 0 Å². The summed E-state index contributed by atoms with van der Waals surface area (Å²) in [5.41, 5.74) is 0. The van der Waals surface area contributed by atoms with Gasteiger partial charge in [-0.05, 0) is 32.7 Å². The van der Waals surface area contributed by atoms with Crippen molar-refractivity contribution in [3.8, 4) is 0 Å². The van der Waals surface area contributed by atoms with Gasteiger partial charge in [0, 0.05) is 6.04 Å². The molecule has 0 radical (unpaired) electrons. The highest BCUT2D eigenvalue weighted by Gasteiger charge is 2.30. The van der Waals surface area contributed by atoms with Gasteiger partial charge in [-0.3, -0.25) is 0 Å². The minimum absolute atomic E-state index is 0.570. The lowest BCUT2D eigenvalue weighted by atomic mass is 9.88. The van der Waals surface area contributed by atoms with E-state index in [4.69, 9.17) is 4.74 Å². The minimum Gasteiger partial charge on any atom is -0.375 e. The Balaban J connectivity index is 1.62. The van der Waals surface area contributed by atoms with Gasteiger partial charge in [0.05, 0.1) is 12.2 Å². The lowest BCUT2D eigenvalue weighted by molar-refractivity contribution is -0.0755. The molecule has 0 spiro atoms. The van der Waals surface area contributed by atoms with Crippen molar-refractivity contribution in [3.05, 3.63) is 0 Å². The minimum atomic E-state index is 0.570. The Labute approximate surface area is 81.0 Å². The molecule has 0 aliphatic heterocycles. The molecule has 0 bridgehead atoms. The van der Waals surface area contributed by atoms with Gasteiger partial charge in [0.2, 0.25) is 0 Å². The van der Waals surface area contributed by atoms with Crippen LogP contribution in [0, 0.1) is 0 Å². The fourth-order valence-corrected chi connectivity index (χ4v) is 2.39. The van der Waals surface area contributed by atoms with Crippen LogP contribution in [0.25, 0.3) is 0 Å². The molecule has 76 valence electrons. The molecule has 2 aliphatic rings. The normalized spacial score (nSPS) is 35.8. The van der Waals surface area contributed by atoms with Crippen molar-refractivity contribution in [1.82, 2.24) is 5.32 Å². The summed E-state index contributed by atoms with van der Waals surface area (Å²) in [4.78, 5) is 0.